The van der Waals surface area contributed by atoms with E-state index in [9.17, 15) is 4.79 Å². The Morgan fingerprint density at radius 3 is 2.56 bits per heavy atom. The highest BCUT2D eigenvalue weighted by atomic mass is 16.5. The molecule has 18 heavy (non-hydrogen) atoms. The van der Waals surface area contributed by atoms with E-state index in [1.165, 1.54) is 0 Å². The third-order valence-corrected chi connectivity index (χ3v) is 3.51. The monoisotopic (exact) mass is 248 g/mol. The van der Waals surface area contributed by atoms with Crippen LogP contribution in [0.1, 0.15) is 24.4 Å². The molecule has 0 aromatic heterocycles. The second-order valence-corrected chi connectivity index (χ2v) is 4.68. The van der Waals surface area contributed by atoms with Crippen LogP contribution in [-0.2, 0) is 9.53 Å². The molecule has 2 N–H and O–H groups in total. The summed E-state index contributed by atoms with van der Waals surface area (Å²) in [4.78, 5) is 14.1. The zero-order valence-corrected chi connectivity index (χ0v) is 10.7. The van der Waals surface area contributed by atoms with Gasteiger partial charge >= 0.3 is 0 Å². The van der Waals surface area contributed by atoms with E-state index in [0.717, 1.165) is 31.6 Å². The minimum atomic E-state index is -0.570. The van der Waals surface area contributed by atoms with E-state index in [1.54, 1.807) is 4.90 Å². The summed E-state index contributed by atoms with van der Waals surface area (Å²) in [6, 6.07) is 9.18. The maximum absolute atomic E-state index is 12.3. The van der Waals surface area contributed by atoms with E-state index < -0.39 is 6.04 Å². The summed E-state index contributed by atoms with van der Waals surface area (Å²) >= 11 is 0. The van der Waals surface area contributed by atoms with Gasteiger partial charge in [-0.2, -0.15) is 0 Å². The van der Waals surface area contributed by atoms with Crippen LogP contribution in [0.25, 0.3) is 0 Å². The fourth-order valence-electron chi connectivity index (χ4n) is 2.27. The maximum atomic E-state index is 12.3. The van der Waals surface area contributed by atoms with Crippen LogP contribution in [0.2, 0.25) is 0 Å². The van der Waals surface area contributed by atoms with Gasteiger partial charge in [-0.15, -0.1) is 0 Å². The predicted molar refractivity (Wildman–Crippen MR) is 70.0 cm³/mol. The smallest absolute Gasteiger partial charge is 0.244 e. The van der Waals surface area contributed by atoms with Gasteiger partial charge in [0.25, 0.3) is 0 Å². The van der Waals surface area contributed by atoms with Crippen molar-refractivity contribution in [3.05, 3.63) is 35.9 Å². The summed E-state index contributed by atoms with van der Waals surface area (Å²) in [5.74, 6) is -0.0203. The molecule has 1 amide bonds. The molecule has 1 aromatic rings. The van der Waals surface area contributed by atoms with Crippen molar-refractivity contribution >= 4 is 5.91 Å². The lowest BCUT2D eigenvalue weighted by Crippen LogP contribution is -2.44. The Bertz CT molecular complexity index is 388. The molecule has 2 rings (SSSR count). The second-order valence-electron chi connectivity index (χ2n) is 4.68. The zero-order chi connectivity index (χ0) is 13.0. The maximum Gasteiger partial charge on any atom is 0.244 e. The van der Waals surface area contributed by atoms with Gasteiger partial charge in [-0.3, -0.25) is 4.79 Å². The number of hydrogen-bond acceptors (Lipinski definition) is 3. The predicted octanol–water partition coefficient (Wildman–Crippen LogP) is 1.32. The molecular formula is C14H20N2O2. The lowest BCUT2D eigenvalue weighted by Gasteiger charge is -2.32. The number of amides is 1. The normalized spacial score (nSPS) is 18.3. The number of carbonyl (C=O) groups excluding carboxylic acids is 1. The number of likely N-dealkylation sites (N-methyl/N-ethyl adjacent to an activating group) is 1. The van der Waals surface area contributed by atoms with E-state index >= 15 is 0 Å². The molecule has 4 nitrogen and oxygen atoms in total. The van der Waals surface area contributed by atoms with Gasteiger partial charge in [0.1, 0.15) is 6.04 Å². The summed E-state index contributed by atoms with van der Waals surface area (Å²) in [6.45, 7) is 1.45. The van der Waals surface area contributed by atoms with Gasteiger partial charge in [-0.25, -0.2) is 0 Å². The van der Waals surface area contributed by atoms with Crippen LogP contribution in [0, 0.1) is 0 Å². The van der Waals surface area contributed by atoms with Crippen molar-refractivity contribution < 1.29 is 9.53 Å². The van der Waals surface area contributed by atoms with Crippen LogP contribution in [0.5, 0.6) is 0 Å². The van der Waals surface area contributed by atoms with Crippen LogP contribution in [0.15, 0.2) is 30.3 Å². The Hall–Kier alpha value is -1.39. The van der Waals surface area contributed by atoms with Crippen LogP contribution < -0.4 is 5.73 Å². The Morgan fingerprint density at radius 1 is 1.33 bits per heavy atom. The molecule has 0 bridgehead atoms. The lowest BCUT2D eigenvalue weighted by atomic mass is 10.0. The van der Waals surface area contributed by atoms with Crippen molar-refractivity contribution in [2.24, 2.45) is 5.73 Å². The molecule has 1 aliphatic rings. The highest BCUT2D eigenvalue weighted by molar-refractivity contribution is 5.83. The summed E-state index contributed by atoms with van der Waals surface area (Å²) in [5, 5.41) is 0. The van der Waals surface area contributed by atoms with Crippen LogP contribution in [-0.4, -0.2) is 37.1 Å². The first-order valence-electron chi connectivity index (χ1n) is 6.35. The summed E-state index contributed by atoms with van der Waals surface area (Å²) < 4.78 is 5.31. The summed E-state index contributed by atoms with van der Waals surface area (Å²) in [7, 11) is 1.83. The van der Waals surface area contributed by atoms with Gasteiger partial charge in [0.15, 0.2) is 0 Å². The molecule has 0 radical (unpaired) electrons. The first kappa shape index (κ1) is 13.1. The molecule has 1 fully saturated rings. The molecule has 1 aliphatic heterocycles. The highest BCUT2D eigenvalue weighted by Gasteiger charge is 2.26. The molecule has 0 spiro atoms. The first-order valence-corrected chi connectivity index (χ1v) is 6.35. The quantitative estimate of drug-likeness (QED) is 0.878. The van der Waals surface area contributed by atoms with Crippen LogP contribution in [0.4, 0.5) is 0 Å². The molecule has 0 aliphatic carbocycles. The number of nitrogens with zero attached hydrogens (tertiary/aromatic N) is 1. The summed E-state index contributed by atoms with van der Waals surface area (Å²) in [5.41, 5.74) is 6.89. The van der Waals surface area contributed by atoms with Crippen molar-refractivity contribution in [3.63, 3.8) is 0 Å². The third kappa shape index (κ3) is 2.89. The number of nitrogens with two attached hydrogens (primary N) is 1. The van der Waals surface area contributed by atoms with E-state index in [1.807, 2.05) is 37.4 Å². The molecule has 1 aromatic carbocycles. The fourth-order valence-corrected chi connectivity index (χ4v) is 2.27. The lowest BCUT2D eigenvalue weighted by molar-refractivity contribution is -0.135. The van der Waals surface area contributed by atoms with Gasteiger partial charge < -0.3 is 15.4 Å². The first-order chi connectivity index (χ1) is 8.70. The number of rotatable bonds is 3. The molecule has 0 saturated carbocycles. The zero-order valence-electron chi connectivity index (χ0n) is 10.7. The molecule has 1 atom stereocenters. The average molecular weight is 248 g/mol. The van der Waals surface area contributed by atoms with E-state index in [4.69, 9.17) is 10.5 Å². The molecule has 1 saturated heterocycles. The van der Waals surface area contributed by atoms with Crippen LogP contribution >= 0.6 is 0 Å². The van der Waals surface area contributed by atoms with Gasteiger partial charge in [-0.1, -0.05) is 30.3 Å². The Kier molecular flexibility index (Phi) is 4.33. The SMILES string of the molecule is CN(C(=O)[C@H](N)c1ccccc1)C1CCOCC1. The molecule has 0 unspecified atom stereocenters. The van der Waals surface area contributed by atoms with E-state index in [2.05, 4.69) is 0 Å². The highest BCUT2D eigenvalue weighted by Crippen LogP contribution is 2.18. The number of ether oxygens (including phenoxy) is 1. The molecule has 4 heteroatoms. The Labute approximate surface area is 108 Å². The topological polar surface area (TPSA) is 55.6 Å². The fraction of sp³-hybridized carbons (Fsp3) is 0.500. The number of benzene rings is 1. The van der Waals surface area contributed by atoms with Crippen molar-refractivity contribution in [1.29, 1.82) is 0 Å². The largest absolute Gasteiger partial charge is 0.381 e. The van der Waals surface area contributed by atoms with Gasteiger partial charge in [0.2, 0.25) is 5.91 Å². The van der Waals surface area contributed by atoms with E-state index in [-0.39, 0.29) is 11.9 Å². The minimum absolute atomic E-state index is 0.0203. The average Bonchev–Trinajstić information content (AvgIpc) is 2.47. The molecule has 1 heterocycles. The Morgan fingerprint density at radius 2 is 1.94 bits per heavy atom. The van der Waals surface area contributed by atoms with Crippen LogP contribution in [0.3, 0.4) is 0 Å². The van der Waals surface area contributed by atoms with Crippen molar-refractivity contribution in [3.8, 4) is 0 Å². The van der Waals surface area contributed by atoms with Crippen molar-refractivity contribution in [2.45, 2.75) is 24.9 Å². The number of carbonyl (C=O) groups is 1. The molecular weight excluding hydrogens is 228 g/mol. The van der Waals surface area contributed by atoms with Gasteiger partial charge in [0, 0.05) is 26.3 Å². The second kappa shape index (κ2) is 5.98. The van der Waals surface area contributed by atoms with Crippen molar-refractivity contribution in [2.75, 3.05) is 20.3 Å². The van der Waals surface area contributed by atoms with Crippen molar-refractivity contribution in [1.82, 2.24) is 4.90 Å². The van der Waals surface area contributed by atoms with Gasteiger partial charge in [-0.05, 0) is 18.4 Å². The number of hydrogen-bond donors (Lipinski definition) is 1. The summed E-state index contributed by atoms with van der Waals surface area (Å²) in [6.07, 6.45) is 1.79. The third-order valence-electron chi connectivity index (χ3n) is 3.51. The van der Waals surface area contributed by atoms with Gasteiger partial charge in [0.05, 0.1) is 0 Å². The molecule has 98 valence electrons. The van der Waals surface area contributed by atoms with E-state index in [0.29, 0.717) is 0 Å². The Balaban J connectivity index is 2.01. The minimum Gasteiger partial charge on any atom is -0.381 e. The standard InChI is InChI=1S/C14H20N2O2/c1-16(12-7-9-18-10-8-12)14(17)13(15)11-5-3-2-4-6-11/h2-6,12-13H,7-10,15H2,1H3/t13-/m1/s1.